The molecular formula is C10H12O. The lowest BCUT2D eigenvalue weighted by Crippen LogP contribution is -2.29. The SMILES string of the molecule is C#CCC1(C)C=CC=CC1O. The van der Waals surface area contributed by atoms with E-state index in [0.717, 1.165) is 0 Å². The van der Waals surface area contributed by atoms with Gasteiger partial charge in [0.05, 0.1) is 6.10 Å². The van der Waals surface area contributed by atoms with Crippen molar-refractivity contribution in [3.05, 3.63) is 24.3 Å². The third kappa shape index (κ3) is 1.53. The van der Waals surface area contributed by atoms with Crippen molar-refractivity contribution in [2.24, 2.45) is 5.41 Å². The molecule has 0 spiro atoms. The Bertz CT molecular complexity index is 232. The largest absolute Gasteiger partial charge is 0.388 e. The summed E-state index contributed by atoms with van der Waals surface area (Å²) in [6.07, 6.45) is 12.8. The summed E-state index contributed by atoms with van der Waals surface area (Å²) in [5.41, 5.74) is -0.260. The van der Waals surface area contributed by atoms with Crippen LogP contribution in [0.4, 0.5) is 0 Å². The Morgan fingerprint density at radius 1 is 1.64 bits per heavy atom. The Balaban J connectivity index is 2.78. The van der Waals surface area contributed by atoms with Crippen molar-refractivity contribution in [3.63, 3.8) is 0 Å². The Morgan fingerprint density at radius 3 is 2.91 bits per heavy atom. The van der Waals surface area contributed by atoms with Crippen LogP contribution in [-0.4, -0.2) is 11.2 Å². The molecule has 2 unspecified atom stereocenters. The molecule has 2 atom stereocenters. The van der Waals surface area contributed by atoms with Crippen molar-refractivity contribution >= 4 is 0 Å². The second-order valence-corrected chi connectivity index (χ2v) is 3.08. The molecule has 1 heteroatoms. The van der Waals surface area contributed by atoms with E-state index in [9.17, 15) is 5.11 Å². The molecule has 0 aromatic rings. The summed E-state index contributed by atoms with van der Waals surface area (Å²) in [5.74, 6) is 2.56. The molecule has 0 aromatic heterocycles. The summed E-state index contributed by atoms with van der Waals surface area (Å²) in [7, 11) is 0. The lowest BCUT2D eigenvalue weighted by molar-refractivity contribution is 0.114. The summed E-state index contributed by atoms with van der Waals surface area (Å²) in [4.78, 5) is 0. The van der Waals surface area contributed by atoms with Crippen molar-refractivity contribution in [2.75, 3.05) is 0 Å². The maximum Gasteiger partial charge on any atom is 0.0821 e. The van der Waals surface area contributed by atoms with Gasteiger partial charge in [-0.2, -0.15) is 0 Å². The van der Waals surface area contributed by atoms with Crippen molar-refractivity contribution in [1.82, 2.24) is 0 Å². The van der Waals surface area contributed by atoms with Crippen molar-refractivity contribution in [2.45, 2.75) is 19.4 Å². The Morgan fingerprint density at radius 2 is 2.36 bits per heavy atom. The second kappa shape index (κ2) is 2.94. The highest BCUT2D eigenvalue weighted by Gasteiger charge is 2.28. The average Bonchev–Trinajstić information content (AvgIpc) is 1.96. The van der Waals surface area contributed by atoms with Gasteiger partial charge in [0.25, 0.3) is 0 Å². The van der Waals surface area contributed by atoms with Crippen LogP contribution in [0.3, 0.4) is 0 Å². The van der Waals surface area contributed by atoms with Gasteiger partial charge in [0.2, 0.25) is 0 Å². The molecule has 1 N–H and O–H groups in total. The number of allylic oxidation sites excluding steroid dienone is 2. The predicted molar refractivity (Wildman–Crippen MR) is 45.8 cm³/mol. The fraction of sp³-hybridized carbons (Fsp3) is 0.400. The molecule has 1 nitrogen and oxygen atoms in total. The number of aliphatic hydroxyl groups is 1. The molecule has 1 rings (SSSR count). The molecule has 11 heavy (non-hydrogen) atoms. The first-order chi connectivity index (χ1) is 5.19. The van der Waals surface area contributed by atoms with Crippen LogP contribution in [0.25, 0.3) is 0 Å². The molecule has 0 radical (unpaired) electrons. The number of hydrogen-bond acceptors (Lipinski definition) is 1. The molecule has 1 aliphatic rings. The molecule has 0 fully saturated rings. The Kier molecular flexibility index (Phi) is 2.16. The summed E-state index contributed by atoms with van der Waals surface area (Å²) in [5, 5.41) is 9.53. The molecule has 0 saturated heterocycles. The van der Waals surface area contributed by atoms with Crippen molar-refractivity contribution < 1.29 is 5.11 Å². The van der Waals surface area contributed by atoms with E-state index in [1.807, 2.05) is 25.2 Å². The van der Waals surface area contributed by atoms with Crippen LogP contribution in [0.5, 0.6) is 0 Å². The third-order valence-corrected chi connectivity index (χ3v) is 2.04. The van der Waals surface area contributed by atoms with Crippen LogP contribution in [0, 0.1) is 17.8 Å². The first-order valence-corrected chi connectivity index (χ1v) is 3.66. The summed E-state index contributed by atoms with van der Waals surface area (Å²) < 4.78 is 0. The number of rotatable bonds is 1. The summed E-state index contributed by atoms with van der Waals surface area (Å²) >= 11 is 0. The van der Waals surface area contributed by atoms with Gasteiger partial charge in [-0.25, -0.2) is 0 Å². The minimum Gasteiger partial charge on any atom is -0.388 e. The lowest BCUT2D eigenvalue weighted by Gasteiger charge is -2.29. The molecule has 58 valence electrons. The molecule has 0 heterocycles. The summed E-state index contributed by atoms with van der Waals surface area (Å²) in [6, 6.07) is 0. The first-order valence-electron chi connectivity index (χ1n) is 3.66. The van der Waals surface area contributed by atoms with Gasteiger partial charge in [0.15, 0.2) is 0 Å². The molecule has 0 aromatic carbocycles. The fourth-order valence-electron chi connectivity index (χ4n) is 1.15. The number of aliphatic hydroxyl groups excluding tert-OH is 1. The lowest BCUT2D eigenvalue weighted by atomic mass is 9.79. The number of terminal acetylenes is 1. The van der Waals surface area contributed by atoms with Crippen molar-refractivity contribution in [3.8, 4) is 12.3 Å². The first kappa shape index (κ1) is 8.10. The van der Waals surface area contributed by atoms with Gasteiger partial charge in [-0.1, -0.05) is 31.2 Å². The maximum atomic E-state index is 9.53. The number of hydrogen-bond donors (Lipinski definition) is 1. The van der Waals surface area contributed by atoms with Gasteiger partial charge in [-0.05, 0) is 0 Å². The normalized spacial score (nSPS) is 35.2. The van der Waals surface area contributed by atoms with E-state index in [4.69, 9.17) is 6.42 Å². The molecule has 1 aliphatic carbocycles. The van der Waals surface area contributed by atoms with E-state index in [0.29, 0.717) is 6.42 Å². The van der Waals surface area contributed by atoms with Crippen LogP contribution in [0.15, 0.2) is 24.3 Å². The molecule has 0 aliphatic heterocycles. The van der Waals surface area contributed by atoms with E-state index >= 15 is 0 Å². The third-order valence-electron chi connectivity index (χ3n) is 2.04. The van der Waals surface area contributed by atoms with Gasteiger partial charge >= 0.3 is 0 Å². The van der Waals surface area contributed by atoms with Crippen LogP contribution in [0.2, 0.25) is 0 Å². The van der Waals surface area contributed by atoms with E-state index in [-0.39, 0.29) is 5.41 Å². The predicted octanol–water partition coefficient (Wildman–Crippen LogP) is 1.50. The monoisotopic (exact) mass is 148 g/mol. The molecular weight excluding hydrogens is 136 g/mol. The zero-order valence-corrected chi connectivity index (χ0v) is 6.62. The summed E-state index contributed by atoms with van der Waals surface area (Å²) in [6.45, 7) is 1.96. The minimum atomic E-state index is -0.441. The van der Waals surface area contributed by atoms with Crippen LogP contribution < -0.4 is 0 Å². The molecule has 0 saturated carbocycles. The van der Waals surface area contributed by atoms with Crippen LogP contribution >= 0.6 is 0 Å². The quantitative estimate of drug-likeness (QED) is 0.559. The maximum absolute atomic E-state index is 9.53. The fourth-order valence-corrected chi connectivity index (χ4v) is 1.15. The topological polar surface area (TPSA) is 20.2 Å². The van der Waals surface area contributed by atoms with E-state index in [1.54, 1.807) is 6.08 Å². The van der Waals surface area contributed by atoms with Gasteiger partial charge < -0.3 is 5.11 Å². The second-order valence-electron chi connectivity index (χ2n) is 3.08. The van der Waals surface area contributed by atoms with E-state index in [1.165, 1.54) is 0 Å². The smallest absolute Gasteiger partial charge is 0.0821 e. The molecule has 0 bridgehead atoms. The Hall–Kier alpha value is -1.00. The Labute approximate surface area is 67.4 Å². The zero-order valence-electron chi connectivity index (χ0n) is 6.62. The minimum absolute atomic E-state index is 0.260. The zero-order chi connectivity index (χ0) is 8.32. The van der Waals surface area contributed by atoms with Gasteiger partial charge in [-0.15, -0.1) is 12.3 Å². The van der Waals surface area contributed by atoms with Crippen LogP contribution in [0.1, 0.15) is 13.3 Å². The van der Waals surface area contributed by atoms with Gasteiger partial charge in [0.1, 0.15) is 0 Å². The van der Waals surface area contributed by atoms with Gasteiger partial charge in [-0.3, -0.25) is 0 Å². The van der Waals surface area contributed by atoms with Crippen molar-refractivity contribution in [1.29, 1.82) is 0 Å². The standard InChI is InChI=1S/C10H12O/c1-3-7-10(2)8-5-4-6-9(10)11/h1,4-6,8-9,11H,7H2,2H3. The molecule has 0 amide bonds. The highest BCUT2D eigenvalue weighted by molar-refractivity contribution is 5.21. The highest BCUT2D eigenvalue weighted by atomic mass is 16.3. The average molecular weight is 148 g/mol. The van der Waals surface area contributed by atoms with E-state index in [2.05, 4.69) is 5.92 Å². The van der Waals surface area contributed by atoms with Gasteiger partial charge in [0, 0.05) is 11.8 Å². The highest BCUT2D eigenvalue weighted by Crippen LogP contribution is 2.30. The van der Waals surface area contributed by atoms with Crippen LogP contribution in [-0.2, 0) is 0 Å². The van der Waals surface area contributed by atoms with E-state index < -0.39 is 6.10 Å².